The fraction of sp³-hybridized carbons (Fsp3) is 0.652. The third-order valence-electron chi connectivity index (χ3n) is 7.08. The van der Waals surface area contributed by atoms with Gasteiger partial charge in [-0.3, -0.25) is 9.59 Å². The molecule has 1 unspecified atom stereocenters. The second-order valence-corrected chi connectivity index (χ2v) is 10.2. The zero-order valence-electron chi connectivity index (χ0n) is 17.1. The summed E-state index contributed by atoms with van der Waals surface area (Å²) in [6.45, 7) is 0.748. The van der Waals surface area contributed by atoms with E-state index in [9.17, 15) is 19.1 Å². The van der Waals surface area contributed by atoms with Crippen molar-refractivity contribution in [2.24, 2.45) is 17.3 Å². The van der Waals surface area contributed by atoms with Gasteiger partial charge in [-0.05, 0) is 56.2 Å². The van der Waals surface area contributed by atoms with Crippen LogP contribution in [0.15, 0.2) is 28.7 Å². The summed E-state index contributed by atoms with van der Waals surface area (Å²) in [5.41, 5.74) is -0.954. The highest BCUT2D eigenvalue weighted by Crippen LogP contribution is 2.70. The first-order chi connectivity index (χ1) is 14.3. The first kappa shape index (κ1) is 21.8. The van der Waals surface area contributed by atoms with Gasteiger partial charge in [0.1, 0.15) is 5.67 Å². The number of carboxylic acids is 1. The van der Waals surface area contributed by atoms with Crippen LogP contribution < -0.4 is 4.90 Å². The molecule has 4 aliphatic rings. The van der Waals surface area contributed by atoms with Crippen LogP contribution in [0.4, 0.5) is 10.1 Å². The molecule has 0 radical (unpaired) electrons. The number of alkyl halides is 1. The number of aliphatic carboxylic acids is 1. The number of halogens is 2. The predicted molar refractivity (Wildman–Crippen MR) is 115 cm³/mol. The lowest BCUT2D eigenvalue weighted by Crippen LogP contribution is -2.70. The van der Waals surface area contributed by atoms with Gasteiger partial charge in [-0.15, -0.1) is 0 Å². The SMILES string of the molecule is O=C(O)C(COCCN(C(=O)C12CC(F)(C1)C2)c1cccc(Br)c1)C1CCCCC1. The Hall–Kier alpha value is -1.47. The van der Waals surface area contributed by atoms with Gasteiger partial charge in [-0.2, -0.15) is 0 Å². The van der Waals surface area contributed by atoms with Crippen LogP contribution in [-0.2, 0) is 14.3 Å². The molecule has 5 rings (SSSR count). The van der Waals surface area contributed by atoms with Crippen molar-refractivity contribution in [3.05, 3.63) is 28.7 Å². The lowest BCUT2D eigenvalue weighted by Gasteiger charge is -2.65. The van der Waals surface area contributed by atoms with Crippen molar-refractivity contribution in [2.75, 3.05) is 24.7 Å². The predicted octanol–water partition coefficient (Wildman–Crippen LogP) is 4.97. The van der Waals surface area contributed by atoms with Gasteiger partial charge < -0.3 is 14.7 Å². The zero-order valence-corrected chi connectivity index (χ0v) is 18.7. The monoisotopic (exact) mass is 481 g/mol. The van der Waals surface area contributed by atoms with Crippen molar-refractivity contribution in [2.45, 2.75) is 57.0 Å². The number of carbonyl (C=O) groups is 2. The van der Waals surface area contributed by atoms with Crippen molar-refractivity contribution in [3.8, 4) is 0 Å². The molecule has 30 heavy (non-hydrogen) atoms. The number of hydrogen-bond donors (Lipinski definition) is 1. The number of hydrogen-bond acceptors (Lipinski definition) is 3. The summed E-state index contributed by atoms with van der Waals surface area (Å²) in [4.78, 5) is 26.6. The maximum absolute atomic E-state index is 14.0. The molecule has 4 fully saturated rings. The average molecular weight is 482 g/mol. The van der Waals surface area contributed by atoms with Gasteiger partial charge in [-0.25, -0.2) is 4.39 Å². The van der Waals surface area contributed by atoms with E-state index in [-0.39, 0.29) is 25.0 Å². The summed E-state index contributed by atoms with van der Waals surface area (Å²) in [5, 5.41) is 9.62. The van der Waals surface area contributed by atoms with E-state index in [2.05, 4.69) is 15.9 Å². The maximum atomic E-state index is 14.0. The molecule has 0 aliphatic heterocycles. The van der Waals surface area contributed by atoms with E-state index in [1.54, 1.807) is 4.90 Å². The van der Waals surface area contributed by atoms with Crippen molar-refractivity contribution in [1.82, 2.24) is 0 Å². The number of nitrogens with zero attached hydrogens (tertiary/aromatic N) is 1. The van der Waals surface area contributed by atoms with E-state index in [0.717, 1.165) is 35.8 Å². The molecule has 1 atom stereocenters. The molecule has 0 heterocycles. The molecule has 1 N–H and O–H groups in total. The highest BCUT2D eigenvalue weighted by Gasteiger charge is 2.73. The quantitative estimate of drug-likeness (QED) is 0.505. The molecule has 4 aliphatic carbocycles. The van der Waals surface area contributed by atoms with Gasteiger partial charge in [0.2, 0.25) is 5.91 Å². The second kappa shape index (κ2) is 8.58. The first-order valence-electron chi connectivity index (χ1n) is 10.9. The van der Waals surface area contributed by atoms with Crippen LogP contribution in [0.1, 0.15) is 51.4 Å². The molecule has 1 aromatic rings. The number of benzene rings is 1. The van der Waals surface area contributed by atoms with E-state index >= 15 is 0 Å². The summed E-state index contributed by atoms with van der Waals surface area (Å²) >= 11 is 3.45. The topological polar surface area (TPSA) is 66.8 Å². The van der Waals surface area contributed by atoms with Gasteiger partial charge in [0, 0.05) is 16.7 Å². The van der Waals surface area contributed by atoms with Crippen LogP contribution in [0.3, 0.4) is 0 Å². The van der Waals surface area contributed by atoms with Crippen molar-refractivity contribution >= 4 is 33.5 Å². The highest BCUT2D eigenvalue weighted by atomic mass is 79.9. The normalized spacial score (nSPS) is 28.9. The van der Waals surface area contributed by atoms with Crippen molar-refractivity contribution in [1.29, 1.82) is 0 Å². The minimum atomic E-state index is -1.14. The molecule has 0 saturated heterocycles. The number of carboxylic acid groups (broad SMARTS) is 1. The van der Waals surface area contributed by atoms with Crippen molar-refractivity contribution < 1.29 is 23.8 Å². The van der Waals surface area contributed by atoms with Crippen LogP contribution >= 0.6 is 15.9 Å². The lowest BCUT2D eigenvalue weighted by atomic mass is 9.42. The maximum Gasteiger partial charge on any atom is 0.309 e. The van der Waals surface area contributed by atoms with E-state index in [0.29, 0.717) is 25.8 Å². The molecule has 7 heteroatoms. The third kappa shape index (κ3) is 4.28. The molecule has 4 saturated carbocycles. The minimum Gasteiger partial charge on any atom is -0.481 e. The third-order valence-corrected chi connectivity index (χ3v) is 7.57. The van der Waals surface area contributed by atoms with Crippen LogP contribution in [0.2, 0.25) is 0 Å². The Morgan fingerprint density at radius 3 is 2.53 bits per heavy atom. The summed E-state index contributed by atoms with van der Waals surface area (Å²) in [6, 6.07) is 7.49. The smallest absolute Gasteiger partial charge is 0.309 e. The van der Waals surface area contributed by atoms with E-state index in [4.69, 9.17) is 4.74 Å². The fourth-order valence-electron chi connectivity index (χ4n) is 5.48. The Balaban J connectivity index is 1.37. The number of carbonyl (C=O) groups excluding carboxylic acids is 1. The summed E-state index contributed by atoms with van der Waals surface area (Å²) in [5.74, 6) is -1.18. The standard InChI is InChI=1S/C23H29BrFNO4/c24-17-7-4-8-18(11-17)26(21(29)22-13-23(25,14-22)15-22)9-10-30-12-19(20(27)28)16-5-2-1-3-6-16/h4,7-8,11,16,19H,1-3,5-6,9-10,12-15H2,(H,27,28). The number of ether oxygens (including phenoxy) is 1. The highest BCUT2D eigenvalue weighted by molar-refractivity contribution is 9.10. The van der Waals surface area contributed by atoms with Crippen LogP contribution in [0, 0.1) is 17.3 Å². The van der Waals surface area contributed by atoms with Crippen LogP contribution in [-0.4, -0.2) is 42.4 Å². The summed E-state index contributed by atoms with van der Waals surface area (Å²) in [7, 11) is 0. The molecule has 164 valence electrons. The molecule has 1 amide bonds. The van der Waals surface area contributed by atoms with E-state index in [1.165, 1.54) is 6.42 Å². The van der Waals surface area contributed by atoms with Crippen LogP contribution in [0.5, 0.6) is 0 Å². The first-order valence-corrected chi connectivity index (χ1v) is 11.7. The summed E-state index contributed by atoms with van der Waals surface area (Å²) in [6.07, 6.45) is 6.16. The number of rotatable bonds is 9. The zero-order chi connectivity index (χ0) is 21.4. The second-order valence-electron chi connectivity index (χ2n) is 9.32. The Kier molecular flexibility index (Phi) is 6.22. The number of anilines is 1. The Morgan fingerprint density at radius 2 is 1.93 bits per heavy atom. The molecule has 1 aromatic carbocycles. The van der Waals surface area contributed by atoms with E-state index in [1.807, 2.05) is 24.3 Å². The van der Waals surface area contributed by atoms with Gasteiger partial charge in [-0.1, -0.05) is 41.3 Å². The fourth-order valence-corrected chi connectivity index (χ4v) is 5.87. The molecular formula is C23H29BrFNO4. The Morgan fingerprint density at radius 1 is 1.23 bits per heavy atom. The van der Waals surface area contributed by atoms with Gasteiger partial charge in [0.25, 0.3) is 0 Å². The minimum absolute atomic E-state index is 0.0502. The molecular weight excluding hydrogens is 453 g/mol. The largest absolute Gasteiger partial charge is 0.481 e. The summed E-state index contributed by atoms with van der Waals surface area (Å²) < 4.78 is 20.6. The molecule has 0 aromatic heterocycles. The number of amides is 1. The molecule has 5 nitrogen and oxygen atoms in total. The Labute approximate surface area is 185 Å². The lowest BCUT2D eigenvalue weighted by molar-refractivity contribution is -0.211. The average Bonchev–Trinajstić information content (AvgIpc) is 2.67. The van der Waals surface area contributed by atoms with Crippen molar-refractivity contribution in [3.63, 3.8) is 0 Å². The van der Waals surface area contributed by atoms with E-state index < -0.39 is 23.0 Å². The molecule has 2 bridgehead atoms. The van der Waals surface area contributed by atoms with Gasteiger partial charge in [0.15, 0.2) is 0 Å². The van der Waals surface area contributed by atoms with Gasteiger partial charge in [0.05, 0.1) is 24.5 Å². The van der Waals surface area contributed by atoms with Gasteiger partial charge >= 0.3 is 5.97 Å². The Bertz CT molecular complexity index is 790. The molecule has 0 spiro atoms. The van der Waals surface area contributed by atoms with Crippen LogP contribution in [0.25, 0.3) is 0 Å².